The molecular formula is C23H32O5. The molecule has 5 nitrogen and oxygen atoms in total. The molecule has 1 aromatic heterocycles. The number of esters is 1. The lowest BCUT2D eigenvalue weighted by Gasteiger charge is -2.54. The Balaban J connectivity index is 2.03. The van der Waals surface area contributed by atoms with Gasteiger partial charge in [0.2, 0.25) is 5.78 Å². The molecule has 1 saturated carbocycles. The van der Waals surface area contributed by atoms with Crippen molar-refractivity contribution in [3.63, 3.8) is 0 Å². The molecule has 5 atom stereocenters. The summed E-state index contributed by atoms with van der Waals surface area (Å²) in [5.41, 5.74) is 1.71. The second-order valence-corrected chi connectivity index (χ2v) is 9.14. The number of ether oxygens (including phenoxy) is 2. The van der Waals surface area contributed by atoms with E-state index < -0.39 is 5.41 Å². The monoisotopic (exact) mass is 388 g/mol. The maximum Gasteiger partial charge on any atom is 0.333 e. The van der Waals surface area contributed by atoms with Gasteiger partial charge in [0.1, 0.15) is 6.10 Å². The summed E-state index contributed by atoms with van der Waals surface area (Å²) >= 11 is 0. The Morgan fingerprint density at radius 2 is 2.07 bits per heavy atom. The van der Waals surface area contributed by atoms with Gasteiger partial charge in [0.05, 0.1) is 12.4 Å². The molecule has 0 radical (unpaired) electrons. The van der Waals surface area contributed by atoms with Crippen molar-refractivity contribution < 1.29 is 23.5 Å². The number of aryl methyl sites for hydroxylation is 1. The average Bonchev–Trinajstić information content (AvgIpc) is 3.00. The van der Waals surface area contributed by atoms with Crippen LogP contribution in [0.15, 0.2) is 22.8 Å². The van der Waals surface area contributed by atoms with Crippen molar-refractivity contribution in [3.05, 3.63) is 35.3 Å². The molecule has 28 heavy (non-hydrogen) atoms. The van der Waals surface area contributed by atoms with Crippen LogP contribution in [0.5, 0.6) is 0 Å². The summed E-state index contributed by atoms with van der Waals surface area (Å²) in [6, 6.07) is 0. The van der Waals surface area contributed by atoms with Crippen molar-refractivity contribution in [2.75, 3.05) is 6.61 Å². The fourth-order valence-electron chi connectivity index (χ4n) is 4.83. The Morgan fingerprint density at radius 1 is 1.39 bits per heavy atom. The molecular weight excluding hydrogens is 356 g/mol. The molecule has 1 fully saturated rings. The third-order valence-corrected chi connectivity index (χ3v) is 6.62. The predicted molar refractivity (Wildman–Crippen MR) is 106 cm³/mol. The van der Waals surface area contributed by atoms with E-state index in [1.165, 1.54) is 0 Å². The van der Waals surface area contributed by atoms with Gasteiger partial charge in [0.25, 0.3) is 0 Å². The molecule has 0 N–H and O–H groups in total. The molecule has 1 heterocycles. The zero-order chi connectivity index (χ0) is 20.8. The van der Waals surface area contributed by atoms with Crippen LogP contribution in [-0.4, -0.2) is 24.5 Å². The maximum atomic E-state index is 13.3. The number of hydrogen-bond donors (Lipinski definition) is 0. The molecule has 0 aromatic carbocycles. The molecule has 0 spiro atoms. The van der Waals surface area contributed by atoms with Crippen molar-refractivity contribution in [3.8, 4) is 0 Å². The molecule has 3 rings (SSSR count). The average molecular weight is 389 g/mol. The van der Waals surface area contributed by atoms with Gasteiger partial charge in [-0.15, -0.1) is 0 Å². The number of fused-ring (bicyclic) bond motifs is 2. The number of rotatable bonds is 5. The number of Topliss-reactive ketones (excluding diaryl/α,β-unsaturated/α-hetero) is 1. The third kappa shape index (κ3) is 3.24. The number of carbonyl (C=O) groups excluding carboxylic acids is 2. The van der Waals surface area contributed by atoms with Crippen LogP contribution >= 0.6 is 0 Å². The van der Waals surface area contributed by atoms with Gasteiger partial charge >= 0.3 is 5.97 Å². The van der Waals surface area contributed by atoms with E-state index in [4.69, 9.17) is 13.9 Å². The standard InChI is InChI=1S/C23H32O5/c1-12(2)10-27-21-18-14(5)11-26-20(18)19(24)16-8-9-17(15(6)23(16,21)7)28-22(25)13(3)4/h11-12,15-17,21H,3,8-10H2,1-2,4-7H3/t15-,16+,17-,21+,23+/m0/s1. The minimum atomic E-state index is -0.480. The predicted octanol–water partition coefficient (Wildman–Crippen LogP) is 5.04. The molecule has 154 valence electrons. The van der Waals surface area contributed by atoms with Crippen LogP contribution in [0.3, 0.4) is 0 Å². The van der Waals surface area contributed by atoms with Crippen molar-refractivity contribution >= 4 is 11.8 Å². The highest BCUT2D eigenvalue weighted by atomic mass is 16.5. The van der Waals surface area contributed by atoms with Gasteiger partial charge in [-0.05, 0) is 38.2 Å². The molecule has 0 bridgehead atoms. The van der Waals surface area contributed by atoms with E-state index >= 15 is 0 Å². The van der Waals surface area contributed by atoms with E-state index in [0.717, 1.165) is 11.1 Å². The van der Waals surface area contributed by atoms with Crippen LogP contribution in [0.2, 0.25) is 0 Å². The van der Waals surface area contributed by atoms with Gasteiger partial charge in [0.15, 0.2) is 5.76 Å². The molecule has 0 aliphatic heterocycles. The first-order chi connectivity index (χ1) is 13.1. The highest BCUT2D eigenvalue weighted by Crippen LogP contribution is 2.59. The van der Waals surface area contributed by atoms with Crippen molar-refractivity contribution in [1.29, 1.82) is 0 Å². The van der Waals surface area contributed by atoms with Crippen molar-refractivity contribution in [1.82, 2.24) is 0 Å². The van der Waals surface area contributed by atoms with Crippen LogP contribution in [0.1, 0.15) is 75.2 Å². The molecule has 2 aliphatic carbocycles. The van der Waals surface area contributed by atoms with Gasteiger partial charge in [-0.2, -0.15) is 0 Å². The first-order valence-corrected chi connectivity index (χ1v) is 10.2. The number of furan rings is 1. The van der Waals surface area contributed by atoms with Crippen molar-refractivity contribution in [2.45, 2.75) is 66.6 Å². The van der Waals surface area contributed by atoms with E-state index in [1.54, 1.807) is 13.2 Å². The Hall–Kier alpha value is -1.88. The summed E-state index contributed by atoms with van der Waals surface area (Å²) in [6.07, 6.45) is 2.41. The minimum Gasteiger partial charge on any atom is -0.461 e. The smallest absolute Gasteiger partial charge is 0.333 e. The lowest BCUT2D eigenvalue weighted by molar-refractivity contribution is -0.170. The Kier molecular flexibility index (Phi) is 5.59. The molecule has 2 aliphatic rings. The second-order valence-electron chi connectivity index (χ2n) is 9.14. The molecule has 0 saturated heterocycles. The largest absolute Gasteiger partial charge is 0.461 e. The highest BCUT2D eigenvalue weighted by Gasteiger charge is 2.60. The van der Waals surface area contributed by atoms with Gasteiger partial charge in [-0.25, -0.2) is 4.79 Å². The van der Waals surface area contributed by atoms with Gasteiger partial charge in [0, 0.05) is 35.0 Å². The van der Waals surface area contributed by atoms with Gasteiger partial charge < -0.3 is 13.9 Å². The number of hydrogen-bond acceptors (Lipinski definition) is 5. The second kappa shape index (κ2) is 7.51. The van der Waals surface area contributed by atoms with Crippen LogP contribution in [0, 0.1) is 30.1 Å². The highest BCUT2D eigenvalue weighted by molar-refractivity contribution is 5.99. The molecule has 0 unspecified atom stereocenters. The number of ketones is 1. The summed E-state index contributed by atoms with van der Waals surface area (Å²) in [5.74, 6) is 0.229. The van der Waals surface area contributed by atoms with E-state index in [0.29, 0.717) is 36.7 Å². The molecule has 0 amide bonds. The Labute approximate surface area is 167 Å². The van der Waals surface area contributed by atoms with E-state index in [9.17, 15) is 9.59 Å². The maximum absolute atomic E-state index is 13.3. The van der Waals surface area contributed by atoms with Crippen LogP contribution in [0.25, 0.3) is 0 Å². The quantitative estimate of drug-likeness (QED) is 0.522. The van der Waals surface area contributed by atoms with E-state index in [-0.39, 0.29) is 35.8 Å². The van der Waals surface area contributed by atoms with Gasteiger partial charge in [-0.3, -0.25) is 4.79 Å². The summed E-state index contributed by atoms with van der Waals surface area (Å²) < 4.78 is 17.9. The Morgan fingerprint density at radius 3 is 2.68 bits per heavy atom. The lowest BCUT2D eigenvalue weighted by Crippen LogP contribution is -2.55. The molecule has 1 aromatic rings. The summed E-state index contributed by atoms with van der Waals surface area (Å²) in [6.45, 7) is 16.3. The van der Waals surface area contributed by atoms with E-state index in [2.05, 4.69) is 34.3 Å². The Bertz CT molecular complexity index is 789. The molecule has 5 heteroatoms. The minimum absolute atomic E-state index is 0.0434. The fraction of sp³-hybridized carbons (Fsp3) is 0.652. The normalized spacial score (nSPS) is 32.0. The van der Waals surface area contributed by atoms with Crippen molar-refractivity contribution in [2.24, 2.45) is 23.2 Å². The summed E-state index contributed by atoms with van der Waals surface area (Å²) in [4.78, 5) is 25.4. The van der Waals surface area contributed by atoms with Crippen LogP contribution in [-0.2, 0) is 14.3 Å². The first kappa shape index (κ1) is 20.8. The van der Waals surface area contributed by atoms with E-state index in [1.807, 2.05) is 6.92 Å². The fourth-order valence-corrected chi connectivity index (χ4v) is 4.83. The SMILES string of the molecule is C=C(C)C(=O)O[C@H]1CC[C@@H]2C(=O)c3occ(C)c3[C@@H](OCC(C)C)[C@]2(C)[C@H]1C. The summed E-state index contributed by atoms with van der Waals surface area (Å²) in [7, 11) is 0. The number of carbonyl (C=O) groups is 2. The van der Waals surface area contributed by atoms with Crippen LogP contribution < -0.4 is 0 Å². The topological polar surface area (TPSA) is 65.7 Å². The lowest BCUT2D eigenvalue weighted by atomic mass is 9.53. The van der Waals surface area contributed by atoms with Gasteiger partial charge in [-0.1, -0.05) is 34.3 Å². The zero-order valence-corrected chi connectivity index (χ0v) is 17.8. The zero-order valence-electron chi connectivity index (χ0n) is 17.8. The third-order valence-electron chi connectivity index (χ3n) is 6.62. The van der Waals surface area contributed by atoms with Crippen LogP contribution in [0.4, 0.5) is 0 Å². The first-order valence-electron chi connectivity index (χ1n) is 10.2. The summed E-state index contributed by atoms with van der Waals surface area (Å²) in [5, 5.41) is 0.